The van der Waals surface area contributed by atoms with E-state index < -0.39 is 0 Å². The number of carbonyl (C=O) groups is 1. The summed E-state index contributed by atoms with van der Waals surface area (Å²) in [4.78, 5) is 13.3. The second kappa shape index (κ2) is 7.42. The Bertz CT molecular complexity index is 652. The van der Waals surface area contributed by atoms with Gasteiger partial charge in [-0.1, -0.05) is 0 Å². The first-order chi connectivity index (χ1) is 10.1. The van der Waals surface area contributed by atoms with Crippen LogP contribution in [-0.2, 0) is 0 Å². The molecule has 2 aromatic rings. The minimum atomic E-state index is -0.0484. The molecule has 0 bridgehead atoms. The van der Waals surface area contributed by atoms with Gasteiger partial charge in [0.2, 0.25) is 5.78 Å². The molecule has 0 fully saturated rings. The van der Waals surface area contributed by atoms with Gasteiger partial charge in [0.25, 0.3) is 0 Å². The summed E-state index contributed by atoms with van der Waals surface area (Å²) in [6, 6.07) is 5.38. The molecule has 3 nitrogen and oxygen atoms in total. The van der Waals surface area contributed by atoms with E-state index in [1.54, 1.807) is 12.1 Å². The van der Waals surface area contributed by atoms with Crippen LogP contribution in [-0.4, -0.2) is 19.0 Å². The molecule has 21 heavy (non-hydrogen) atoms. The summed E-state index contributed by atoms with van der Waals surface area (Å²) >= 11 is 8.25. The zero-order chi connectivity index (χ0) is 15.4. The number of benzene rings is 1. The van der Waals surface area contributed by atoms with E-state index in [-0.39, 0.29) is 5.78 Å². The van der Waals surface area contributed by atoms with Crippen LogP contribution >= 0.6 is 43.2 Å². The van der Waals surface area contributed by atoms with Crippen LogP contribution < -0.4 is 9.47 Å². The summed E-state index contributed by atoms with van der Waals surface area (Å²) in [6.07, 6.45) is 0. The van der Waals surface area contributed by atoms with Crippen LogP contribution in [0.25, 0.3) is 0 Å². The maximum atomic E-state index is 12.6. The molecule has 0 aliphatic carbocycles. The first kappa shape index (κ1) is 16.5. The molecule has 0 unspecified atom stereocenters. The van der Waals surface area contributed by atoms with Crippen molar-refractivity contribution in [1.82, 2.24) is 0 Å². The van der Waals surface area contributed by atoms with E-state index in [4.69, 9.17) is 9.47 Å². The molecule has 0 amide bonds. The van der Waals surface area contributed by atoms with E-state index in [0.717, 1.165) is 4.47 Å². The van der Waals surface area contributed by atoms with E-state index in [9.17, 15) is 4.79 Å². The third kappa shape index (κ3) is 3.67. The third-order valence-corrected chi connectivity index (χ3v) is 5.19. The number of rotatable bonds is 6. The Labute approximate surface area is 144 Å². The van der Waals surface area contributed by atoms with Gasteiger partial charge in [0.1, 0.15) is 0 Å². The van der Waals surface area contributed by atoms with Gasteiger partial charge < -0.3 is 9.47 Å². The average Bonchev–Trinajstić information content (AvgIpc) is 2.87. The first-order valence-electron chi connectivity index (χ1n) is 6.45. The lowest BCUT2D eigenvalue weighted by atomic mass is 10.1. The largest absolute Gasteiger partial charge is 0.490 e. The molecule has 0 atom stereocenters. The Morgan fingerprint density at radius 3 is 2.24 bits per heavy atom. The Hall–Kier alpha value is -0.850. The molecule has 112 valence electrons. The van der Waals surface area contributed by atoms with E-state index >= 15 is 0 Å². The maximum Gasteiger partial charge on any atom is 0.205 e. The van der Waals surface area contributed by atoms with Gasteiger partial charge in [-0.2, -0.15) is 0 Å². The monoisotopic (exact) mass is 432 g/mol. The van der Waals surface area contributed by atoms with Crippen molar-refractivity contribution in [3.63, 3.8) is 0 Å². The highest BCUT2D eigenvalue weighted by Gasteiger charge is 2.20. The quantitative estimate of drug-likeness (QED) is 0.579. The molecule has 1 heterocycles. The fourth-order valence-corrected chi connectivity index (χ4v) is 3.83. The van der Waals surface area contributed by atoms with E-state index in [1.807, 2.05) is 25.3 Å². The fourth-order valence-electron chi connectivity index (χ4n) is 1.82. The highest BCUT2D eigenvalue weighted by Crippen LogP contribution is 2.36. The lowest BCUT2D eigenvalue weighted by molar-refractivity contribution is 0.104. The molecule has 0 N–H and O–H groups in total. The molecular weight excluding hydrogens is 420 g/mol. The highest BCUT2D eigenvalue weighted by atomic mass is 79.9. The number of carbonyl (C=O) groups excluding carboxylic acids is 1. The van der Waals surface area contributed by atoms with Crippen molar-refractivity contribution in [2.45, 2.75) is 13.8 Å². The van der Waals surface area contributed by atoms with Gasteiger partial charge in [0, 0.05) is 14.5 Å². The van der Waals surface area contributed by atoms with Gasteiger partial charge in [-0.25, -0.2) is 0 Å². The van der Waals surface area contributed by atoms with Gasteiger partial charge in [-0.15, -0.1) is 11.3 Å². The van der Waals surface area contributed by atoms with E-state index in [2.05, 4.69) is 31.9 Å². The van der Waals surface area contributed by atoms with Crippen molar-refractivity contribution in [2.75, 3.05) is 13.2 Å². The van der Waals surface area contributed by atoms with Crippen molar-refractivity contribution in [3.8, 4) is 11.5 Å². The molecular formula is C15H14Br2O3S. The maximum absolute atomic E-state index is 12.6. The molecule has 6 heteroatoms. The number of hydrogen-bond donors (Lipinski definition) is 0. The van der Waals surface area contributed by atoms with Crippen molar-refractivity contribution in [3.05, 3.63) is 43.0 Å². The Morgan fingerprint density at radius 2 is 1.71 bits per heavy atom. The van der Waals surface area contributed by atoms with E-state index in [0.29, 0.717) is 39.6 Å². The number of ketones is 1. The fraction of sp³-hybridized carbons (Fsp3) is 0.267. The van der Waals surface area contributed by atoms with Gasteiger partial charge in [0.05, 0.1) is 18.1 Å². The van der Waals surface area contributed by atoms with Crippen molar-refractivity contribution in [2.24, 2.45) is 0 Å². The van der Waals surface area contributed by atoms with Crippen LogP contribution in [0.1, 0.15) is 29.1 Å². The predicted molar refractivity (Wildman–Crippen MR) is 91.9 cm³/mol. The smallest absolute Gasteiger partial charge is 0.205 e. The van der Waals surface area contributed by atoms with Gasteiger partial charge in [-0.05, 0) is 69.3 Å². The lowest BCUT2D eigenvalue weighted by Crippen LogP contribution is -2.04. The third-order valence-electron chi connectivity index (χ3n) is 2.70. The number of ether oxygens (including phenoxy) is 2. The normalized spacial score (nSPS) is 10.5. The summed E-state index contributed by atoms with van der Waals surface area (Å²) < 4.78 is 12.6. The molecule has 0 saturated heterocycles. The standard InChI is InChI=1S/C15H14Br2O3S/c1-3-19-12-7-9(11(17)8-13(12)20-4-2)14(18)15-10(16)5-6-21-15/h5-8H,3-4H2,1-2H3. The van der Waals surface area contributed by atoms with Gasteiger partial charge in [-0.3, -0.25) is 4.79 Å². The van der Waals surface area contributed by atoms with Crippen LogP contribution in [0.2, 0.25) is 0 Å². The van der Waals surface area contributed by atoms with Gasteiger partial charge >= 0.3 is 0 Å². The Balaban J connectivity index is 2.46. The highest BCUT2D eigenvalue weighted by molar-refractivity contribution is 9.11. The molecule has 1 aromatic carbocycles. The zero-order valence-corrected chi connectivity index (χ0v) is 15.6. The van der Waals surface area contributed by atoms with Crippen LogP contribution in [0.4, 0.5) is 0 Å². The van der Waals surface area contributed by atoms with Gasteiger partial charge in [0.15, 0.2) is 11.5 Å². The topological polar surface area (TPSA) is 35.5 Å². The summed E-state index contributed by atoms with van der Waals surface area (Å²) in [6.45, 7) is 4.86. The predicted octanol–water partition coefficient (Wildman–Crippen LogP) is 5.30. The number of thiophene rings is 1. The van der Waals surface area contributed by atoms with Crippen LogP contribution in [0, 0.1) is 0 Å². The van der Waals surface area contributed by atoms with Crippen LogP contribution in [0.5, 0.6) is 11.5 Å². The minimum Gasteiger partial charge on any atom is -0.490 e. The second-order valence-electron chi connectivity index (χ2n) is 4.07. The van der Waals surface area contributed by atoms with Crippen molar-refractivity contribution >= 4 is 49.0 Å². The number of halogens is 2. The van der Waals surface area contributed by atoms with Crippen molar-refractivity contribution < 1.29 is 14.3 Å². The average molecular weight is 434 g/mol. The van der Waals surface area contributed by atoms with E-state index in [1.165, 1.54) is 11.3 Å². The van der Waals surface area contributed by atoms with Crippen LogP contribution in [0.3, 0.4) is 0 Å². The number of hydrogen-bond acceptors (Lipinski definition) is 4. The molecule has 0 aliphatic rings. The molecule has 0 spiro atoms. The molecule has 0 radical (unpaired) electrons. The summed E-state index contributed by atoms with van der Waals surface area (Å²) in [7, 11) is 0. The molecule has 0 aliphatic heterocycles. The molecule has 2 rings (SSSR count). The lowest BCUT2D eigenvalue weighted by Gasteiger charge is -2.13. The van der Waals surface area contributed by atoms with Crippen LogP contribution in [0.15, 0.2) is 32.5 Å². The first-order valence-corrected chi connectivity index (χ1v) is 8.91. The molecule has 0 saturated carbocycles. The Kier molecular flexibility index (Phi) is 5.84. The SMILES string of the molecule is CCOc1cc(Br)c(C(=O)c2sccc2Br)cc1OCC. The summed E-state index contributed by atoms with van der Waals surface area (Å²) in [5, 5.41) is 1.88. The summed E-state index contributed by atoms with van der Waals surface area (Å²) in [5.74, 6) is 1.17. The Morgan fingerprint density at radius 1 is 1.10 bits per heavy atom. The van der Waals surface area contributed by atoms with Crippen molar-refractivity contribution in [1.29, 1.82) is 0 Å². The zero-order valence-electron chi connectivity index (χ0n) is 11.6. The summed E-state index contributed by atoms with van der Waals surface area (Å²) in [5.41, 5.74) is 0.560. The minimum absolute atomic E-state index is 0.0484. The second-order valence-corrected chi connectivity index (χ2v) is 6.70. The molecule has 1 aromatic heterocycles.